The number of H-pyrrole nitrogens is 1. The third-order valence-corrected chi connectivity index (χ3v) is 5.69. The number of amides is 1. The molecule has 6 heteroatoms. The molecule has 0 unspecified atom stereocenters. The predicted octanol–water partition coefficient (Wildman–Crippen LogP) is 4.70. The first kappa shape index (κ1) is 18.5. The molecular weight excluding hydrogens is 374 g/mol. The topological polar surface area (TPSA) is 83.6 Å². The van der Waals surface area contributed by atoms with Crippen LogP contribution >= 0.6 is 0 Å². The summed E-state index contributed by atoms with van der Waals surface area (Å²) in [6.45, 7) is 4.02. The maximum Gasteiger partial charge on any atom is 0.228 e. The van der Waals surface area contributed by atoms with E-state index in [2.05, 4.69) is 38.5 Å². The van der Waals surface area contributed by atoms with Crippen molar-refractivity contribution < 1.29 is 4.79 Å². The number of para-hydroxylation sites is 1. The molecule has 1 aliphatic rings. The van der Waals surface area contributed by atoms with Gasteiger partial charge in [-0.05, 0) is 56.0 Å². The summed E-state index contributed by atoms with van der Waals surface area (Å²) in [5.74, 6) is 2.08. The second kappa shape index (κ2) is 7.37. The van der Waals surface area contributed by atoms with E-state index in [-0.39, 0.29) is 12.3 Å². The first-order valence-electron chi connectivity index (χ1n) is 10.3. The second-order valence-corrected chi connectivity index (χ2v) is 7.94. The van der Waals surface area contributed by atoms with E-state index >= 15 is 0 Å². The Balaban J connectivity index is 1.35. The number of rotatable bonds is 5. The van der Waals surface area contributed by atoms with Crippen molar-refractivity contribution in [1.82, 2.24) is 20.2 Å². The van der Waals surface area contributed by atoms with Gasteiger partial charge in [0.2, 0.25) is 5.91 Å². The number of benzene rings is 2. The SMILES string of the molecule is Cc1nc2ccccc2c(C)c1CC(=O)Nc1cccc(-c2n[nH]c(C3CC3)n2)c1. The average molecular weight is 397 g/mol. The zero-order chi connectivity index (χ0) is 20.7. The number of aromatic amines is 1. The first-order chi connectivity index (χ1) is 14.6. The Morgan fingerprint density at radius 2 is 1.93 bits per heavy atom. The fraction of sp³-hybridized carbons (Fsp3) is 0.250. The molecule has 0 aliphatic heterocycles. The molecule has 0 saturated heterocycles. The van der Waals surface area contributed by atoms with Crippen LogP contribution in [0.4, 0.5) is 5.69 Å². The van der Waals surface area contributed by atoms with Gasteiger partial charge >= 0.3 is 0 Å². The molecule has 0 bridgehead atoms. The molecule has 2 aromatic heterocycles. The molecule has 1 fully saturated rings. The largest absolute Gasteiger partial charge is 0.326 e. The highest BCUT2D eigenvalue weighted by atomic mass is 16.1. The minimum absolute atomic E-state index is 0.0657. The summed E-state index contributed by atoms with van der Waals surface area (Å²) >= 11 is 0. The molecule has 5 rings (SSSR count). The number of pyridine rings is 1. The Kier molecular flexibility index (Phi) is 4.54. The van der Waals surface area contributed by atoms with Gasteiger partial charge in [0.05, 0.1) is 11.9 Å². The van der Waals surface area contributed by atoms with Gasteiger partial charge in [0.15, 0.2) is 5.82 Å². The Hall–Kier alpha value is -3.54. The lowest BCUT2D eigenvalue weighted by molar-refractivity contribution is -0.115. The van der Waals surface area contributed by atoms with Crippen molar-refractivity contribution in [1.29, 1.82) is 0 Å². The summed E-state index contributed by atoms with van der Waals surface area (Å²) in [6, 6.07) is 15.7. The van der Waals surface area contributed by atoms with Gasteiger partial charge in [-0.3, -0.25) is 14.9 Å². The predicted molar refractivity (Wildman–Crippen MR) is 117 cm³/mol. The molecule has 1 aliphatic carbocycles. The molecular formula is C24H23N5O. The van der Waals surface area contributed by atoms with E-state index in [9.17, 15) is 4.79 Å². The molecule has 4 aromatic rings. The molecule has 1 saturated carbocycles. The van der Waals surface area contributed by atoms with Gasteiger partial charge in [-0.1, -0.05) is 30.3 Å². The van der Waals surface area contributed by atoms with Crippen LogP contribution in [0.25, 0.3) is 22.3 Å². The molecule has 2 aromatic carbocycles. The average Bonchev–Trinajstić information content (AvgIpc) is 3.48. The molecule has 150 valence electrons. The van der Waals surface area contributed by atoms with Crippen molar-refractivity contribution in [2.75, 3.05) is 5.32 Å². The van der Waals surface area contributed by atoms with Gasteiger partial charge in [-0.2, -0.15) is 5.10 Å². The normalized spacial score (nSPS) is 13.5. The van der Waals surface area contributed by atoms with Gasteiger partial charge in [-0.15, -0.1) is 0 Å². The van der Waals surface area contributed by atoms with E-state index in [1.807, 2.05) is 49.4 Å². The molecule has 30 heavy (non-hydrogen) atoms. The number of carbonyl (C=O) groups excluding carboxylic acids is 1. The maximum atomic E-state index is 12.8. The van der Waals surface area contributed by atoms with Crippen LogP contribution in [-0.4, -0.2) is 26.1 Å². The molecule has 6 nitrogen and oxygen atoms in total. The fourth-order valence-corrected chi connectivity index (χ4v) is 3.88. The van der Waals surface area contributed by atoms with Gasteiger partial charge in [0.1, 0.15) is 5.82 Å². The van der Waals surface area contributed by atoms with Gasteiger partial charge in [0.25, 0.3) is 0 Å². The standard InChI is InChI=1S/C24H23N5O/c1-14-19-8-3-4-9-21(19)25-15(2)20(14)13-22(30)26-18-7-5-6-17(12-18)24-27-23(28-29-24)16-10-11-16/h3-9,12,16H,10-11,13H2,1-2H3,(H,26,30)(H,27,28,29). The van der Waals surface area contributed by atoms with Gasteiger partial charge in [0, 0.05) is 28.2 Å². The van der Waals surface area contributed by atoms with Crippen molar-refractivity contribution in [3.8, 4) is 11.4 Å². The number of nitrogens with zero attached hydrogens (tertiary/aromatic N) is 3. The highest BCUT2D eigenvalue weighted by molar-refractivity contribution is 5.94. The second-order valence-electron chi connectivity index (χ2n) is 7.94. The summed E-state index contributed by atoms with van der Waals surface area (Å²) in [4.78, 5) is 22.1. The van der Waals surface area contributed by atoms with E-state index in [4.69, 9.17) is 0 Å². The Labute approximate surface area is 174 Å². The molecule has 0 atom stereocenters. The van der Waals surface area contributed by atoms with E-state index in [0.717, 1.165) is 44.8 Å². The number of hydrogen-bond donors (Lipinski definition) is 2. The lowest BCUT2D eigenvalue weighted by Crippen LogP contribution is -2.16. The summed E-state index contributed by atoms with van der Waals surface area (Å²) in [7, 11) is 0. The zero-order valence-electron chi connectivity index (χ0n) is 17.1. The number of carbonyl (C=O) groups is 1. The van der Waals surface area contributed by atoms with Crippen molar-refractivity contribution >= 4 is 22.5 Å². The van der Waals surface area contributed by atoms with Crippen molar-refractivity contribution in [3.05, 3.63) is 71.2 Å². The third kappa shape index (κ3) is 3.56. The van der Waals surface area contributed by atoms with Crippen LogP contribution in [0.1, 0.15) is 41.4 Å². The van der Waals surface area contributed by atoms with E-state index in [1.165, 1.54) is 12.8 Å². The summed E-state index contributed by atoms with van der Waals surface area (Å²) < 4.78 is 0. The maximum absolute atomic E-state index is 12.8. The van der Waals surface area contributed by atoms with E-state index < -0.39 is 0 Å². The third-order valence-electron chi connectivity index (χ3n) is 5.69. The number of nitrogens with one attached hydrogen (secondary N) is 2. The van der Waals surface area contributed by atoms with Gasteiger partial charge < -0.3 is 5.32 Å². The minimum Gasteiger partial charge on any atom is -0.326 e. The van der Waals surface area contributed by atoms with Crippen LogP contribution in [0.5, 0.6) is 0 Å². The Bertz CT molecular complexity index is 1260. The molecule has 0 radical (unpaired) electrons. The molecule has 2 heterocycles. The summed E-state index contributed by atoms with van der Waals surface area (Å²) in [5.41, 5.74) is 5.56. The number of aryl methyl sites for hydroxylation is 2. The zero-order valence-corrected chi connectivity index (χ0v) is 17.1. The minimum atomic E-state index is -0.0657. The number of hydrogen-bond acceptors (Lipinski definition) is 4. The van der Waals surface area contributed by atoms with Crippen LogP contribution in [0.2, 0.25) is 0 Å². The Morgan fingerprint density at radius 1 is 1.10 bits per heavy atom. The van der Waals surface area contributed by atoms with Crippen molar-refractivity contribution in [3.63, 3.8) is 0 Å². The highest BCUT2D eigenvalue weighted by Crippen LogP contribution is 2.38. The highest BCUT2D eigenvalue weighted by Gasteiger charge is 2.27. The summed E-state index contributed by atoms with van der Waals surface area (Å²) in [6.07, 6.45) is 2.63. The van der Waals surface area contributed by atoms with Crippen LogP contribution in [0, 0.1) is 13.8 Å². The monoisotopic (exact) mass is 397 g/mol. The van der Waals surface area contributed by atoms with Crippen LogP contribution < -0.4 is 5.32 Å². The molecule has 0 spiro atoms. The lowest BCUT2D eigenvalue weighted by atomic mass is 9.99. The lowest BCUT2D eigenvalue weighted by Gasteiger charge is -2.13. The number of fused-ring (bicyclic) bond motifs is 1. The Morgan fingerprint density at radius 3 is 2.77 bits per heavy atom. The van der Waals surface area contributed by atoms with Crippen molar-refractivity contribution in [2.24, 2.45) is 0 Å². The number of aromatic nitrogens is 4. The quantitative estimate of drug-likeness (QED) is 0.511. The van der Waals surface area contributed by atoms with Crippen LogP contribution in [-0.2, 0) is 11.2 Å². The number of anilines is 1. The molecule has 1 amide bonds. The van der Waals surface area contributed by atoms with E-state index in [1.54, 1.807) is 0 Å². The van der Waals surface area contributed by atoms with Crippen LogP contribution in [0.3, 0.4) is 0 Å². The molecule has 2 N–H and O–H groups in total. The van der Waals surface area contributed by atoms with Crippen molar-refractivity contribution in [2.45, 2.75) is 39.0 Å². The van der Waals surface area contributed by atoms with Crippen LogP contribution in [0.15, 0.2) is 48.5 Å². The summed E-state index contributed by atoms with van der Waals surface area (Å²) in [5, 5.41) is 11.5. The van der Waals surface area contributed by atoms with E-state index in [0.29, 0.717) is 11.7 Å². The smallest absolute Gasteiger partial charge is 0.228 e. The fourth-order valence-electron chi connectivity index (χ4n) is 3.88. The first-order valence-corrected chi connectivity index (χ1v) is 10.3. The van der Waals surface area contributed by atoms with Gasteiger partial charge in [-0.25, -0.2) is 4.98 Å².